The molecule has 1 N–H and O–H groups in total. The van der Waals surface area contributed by atoms with Crippen molar-refractivity contribution < 1.29 is 5.11 Å². The minimum atomic E-state index is 0.419. The lowest BCUT2D eigenvalue weighted by Crippen LogP contribution is -1.85. The zero-order valence-electron chi connectivity index (χ0n) is 8.39. The van der Waals surface area contributed by atoms with Gasteiger partial charge < -0.3 is 5.11 Å². The summed E-state index contributed by atoms with van der Waals surface area (Å²) in [7, 11) is 0. The van der Waals surface area contributed by atoms with E-state index in [4.69, 9.17) is 0 Å². The van der Waals surface area contributed by atoms with E-state index in [2.05, 4.69) is 0 Å². The maximum Gasteiger partial charge on any atom is 0.119 e. The van der Waals surface area contributed by atoms with Gasteiger partial charge in [-0.2, -0.15) is 0 Å². The van der Waals surface area contributed by atoms with E-state index in [1.54, 1.807) is 6.07 Å². The van der Waals surface area contributed by atoms with E-state index >= 15 is 0 Å². The van der Waals surface area contributed by atoms with Gasteiger partial charge in [0, 0.05) is 0 Å². The average Bonchev–Trinajstić information content (AvgIpc) is 2.08. The first-order chi connectivity index (χ1) is 5.75. The Morgan fingerprint density at radius 1 is 1.25 bits per heavy atom. The molecule has 12 heavy (non-hydrogen) atoms. The number of phenolic OH excluding ortho intramolecular Hbond substituents is 1. The number of rotatable bonds is 1. The Labute approximate surface area is 75.1 Å². The molecule has 0 aliphatic heterocycles. The molecule has 0 fully saturated rings. The third-order valence-corrected chi connectivity index (χ3v) is 1.74. The Kier molecular flexibility index (Phi) is 5.18. The van der Waals surface area contributed by atoms with Crippen molar-refractivity contribution in [1.29, 1.82) is 0 Å². The van der Waals surface area contributed by atoms with Crippen molar-refractivity contribution in [3.05, 3.63) is 29.3 Å². The fraction of sp³-hybridized carbons (Fsp3) is 0.455. The first kappa shape index (κ1) is 11.0. The van der Waals surface area contributed by atoms with Crippen molar-refractivity contribution in [3.63, 3.8) is 0 Å². The van der Waals surface area contributed by atoms with E-state index in [9.17, 15) is 5.11 Å². The Balaban J connectivity index is 0.000000561. The van der Waals surface area contributed by atoms with Crippen LogP contribution in [0, 0.1) is 6.92 Å². The highest BCUT2D eigenvalue weighted by molar-refractivity contribution is 5.38. The molecule has 1 nitrogen and oxygen atoms in total. The molecule has 1 aromatic carbocycles. The lowest BCUT2D eigenvalue weighted by atomic mass is 10.1. The summed E-state index contributed by atoms with van der Waals surface area (Å²) >= 11 is 0. The zero-order chi connectivity index (χ0) is 9.56. The summed E-state index contributed by atoms with van der Waals surface area (Å²) in [5.41, 5.74) is 2.23. The maximum absolute atomic E-state index is 9.29. The van der Waals surface area contributed by atoms with Crippen molar-refractivity contribution in [2.45, 2.75) is 34.1 Å². The van der Waals surface area contributed by atoms with E-state index in [0.29, 0.717) is 5.75 Å². The van der Waals surface area contributed by atoms with Gasteiger partial charge >= 0.3 is 0 Å². The van der Waals surface area contributed by atoms with Gasteiger partial charge in [-0.05, 0) is 30.5 Å². The Morgan fingerprint density at radius 2 is 1.83 bits per heavy atom. The highest BCUT2D eigenvalue weighted by Gasteiger charge is 1.99. The highest BCUT2D eigenvalue weighted by atomic mass is 16.3. The van der Waals surface area contributed by atoms with Gasteiger partial charge in [-0.15, -0.1) is 0 Å². The molecule has 68 valence electrons. The van der Waals surface area contributed by atoms with Crippen LogP contribution in [0.4, 0.5) is 0 Å². The summed E-state index contributed by atoms with van der Waals surface area (Å²) in [4.78, 5) is 0. The molecule has 0 amide bonds. The Hall–Kier alpha value is -0.980. The fourth-order valence-electron chi connectivity index (χ4n) is 1.15. The molecule has 0 radical (unpaired) electrons. The standard InChI is InChI=1S/C9H12O.C2H6/c1-3-8-7(2)5-4-6-9(8)10;1-2/h4-6,10H,3H2,1-2H3;1-2H3. The Morgan fingerprint density at radius 3 is 2.17 bits per heavy atom. The molecular weight excluding hydrogens is 148 g/mol. The van der Waals surface area contributed by atoms with Crippen LogP contribution in [0.1, 0.15) is 31.9 Å². The van der Waals surface area contributed by atoms with E-state index in [-0.39, 0.29) is 0 Å². The number of hydrogen-bond acceptors (Lipinski definition) is 1. The van der Waals surface area contributed by atoms with Gasteiger partial charge in [0.05, 0.1) is 0 Å². The molecule has 1 rings (SSSR count). The van der Waals surface area contributed by atoms with Crippen molar-refractivity contribution in [2.24, 2.45) is 0 Å². The lowest BCUT2D eigenvalue weighted by Gasteiger charge is -2.03. The predicted molar refractivity (Wildman–Crippen MR) is 53.6 cm³/mol. The van der Waals surface area contributed by atoms with Crippen LogP contribution >= 0.6 is 0 Å². The summed E-state index contributed by atoms with van der Waals surface area (Å²) in [6.07, 6.45) is 0.901. The zero-order valence-corrected chi connectivity index (χ0v) is 8.39. The van der Waals surface area contributed by atoms with E-state index in [1.807, 2.05) is 39.8 Å². The van der Waals surface area contributed by atoms with Gasteiger partial charge in [-0.25, -0.2) is 0 Å². The highest BCUT2D eigenvalue weighted by Crippen LogP contribution is 2.19. The summed E-state index contributed by atoms with van der Waals surface area (Å²) in [5, 5.41) is 9.29. The van der Waals surface area contributed by atoms with Gasteiger partial charge in [-0.1, -0.05) is 32.9 Å². The largest absolute Gasteiger partial charge is 0.508 e. The van der Waals surface area contributed by atoms with E-state index in [1.165, 1.54) is 5.56 Å². The molecule has 0 aliphatic rings. The first-order valence-electron chi connectivity index (χ1n) is 4.53. The third kappa shape index (κ3) is 2.57. The molecule has 0 saturated heterocycles. The molecule has 0 aliphatic carbocycles. The topological polar surface area (TPSA) is 20.2 Å². The molecule has 0 saturated carbocycles. The van der Waals surface area contributed by atoms with E-state index in [0.717, 1.165) is 12.0 Å². The van der Waals surface area contributed by atoms with Crippen LogP contribution in [-0.4, -0.2) is 5.11 Å². The van der Waals surface area contributed by atoms with E-state index < -0.39 is 0 Å². The molecule has 1 heteroatoms. The number of aromatic hydroxyl groups is 1. The second kappa shape index (κ2) is 5.64. The molecule has 0 aromatic heterocycles. The lowest BCUT2D eigenvalue weighted by molar-refractivity contribution is 0.468. The van der Waals surface area contributed by atoms with Gasteiger partial charge in [-0.3, -0.25) is 0 Å². The molecule has 0 spiro atoms. The predicted octanol–water partition coefficient (Wildman–Crippen LogP) is 3.29. The maximum atomic E-state index is 9.29. The molecule has 0 bridgehead atoms. The van der Waals surface area contributed by atoms with Crippen molar-refractivity contribution >= 4 is 0 Å². The number of hydrogen-bond donors (Lipinski definition) is 1. The average molecular weight is 166 g/mol. The van der Waals surface area contributed by atoms with Crippen LogP contribution in [0.2, 0.25) is 0 Å². The number of phenols is 1. The molecule has 0 atom stereocenters. The van der Waals surface area contributed by atoms with Crippen molar-refractivity contribution in [2.75, 3.05) is 0 Å². The summed E-state index contributed by atoms with van der Waals surface area (Å²) in [5.74, 6) is 0.419. The summed E-state index contributed by atoms with van der Waals surface area (Å²) < 4.78 is 0. The van der Waals surface area contributed by atoms with Gasteiger partial charge in [0.25, 0.3) is 0 Å². The molecule has 0 heterocycles. The minimum Gasteiger partial charge on any atom is -0.508 e. The molecule has 0 unspecified atom stereocenters. The van der Waals surface area contributed by atoms with Gasteiger partial charge in [0.1, 0.15) is 5.75 Å². The normalized spacial score (nSPS) is 8.67. The van der Waals surface area contributed by atoms with Crippen LogP contribution in [0.15, 0.2) is 18.2 Å². The van der Waals surface area contributed by atoms with Crippen LogP contribution < -0.4 is 0 Å². The van der Waals surface area contributed by atoms with Crippen molar-refractivity contribution in [3.8, 4) is 5.75 Å². The quantitative estimate of drug-likeness (QED) is 0.678. The smallest absolute Gasteiger partial charge is 0.119 e. The van der Waals surface area contributed by atoms with Crippen molar-refractivity contribution in [1.82, 2.24) is 0 Å². The summed E-state index contributed by atoms with van der Waals surface area (Å²) in [6, 6.07) is 5.61. The SMILES string of the molecule is CC.CCc1c(C)cccc1O. The molecule has 1 aromatic rings. The van der Waals surface area contributed by atoms with Gasteiger partial charge in [0.15, 0.2) is 0 Å². The summed E-state index contributed by atoms with van der Waals surface area (Å²) in [6.45, 7) is 8.06. The van der Waals surface area contributed by atoms with Crippen LogP contribution in [-0.2, 0) is 6.42 Å². The Bertz CT molecular complexity index is 208. The first-order valence-corrected chi connectivity index (χ1v) is 4.53. The fourth-order valence-corrected chi connectivity index (χ4v) is 1.15. The van der Waals surface area contributed by atoms with Gasteiger partial charge in [0.2, 0.25) is 0 Å². The number of aryl methyl sites for hydroxylation is 1. The van der Waals surface area contributed by atoms with Crippen LogP contribution in [0.3, 0.4) is 0 Å². The minimum absolute atomic E-state index is 0.419. The van der Waals surface area contributed by atoms with Crippen LogP contribution in [0.25, 0.3) is 0 Å². The van der Waals surface area contributed by atoms with Crippen LogP contribution in [0.5, 0.6) is 5.75 Å². The second-order valence-corrected chi connectivity index (χ2v) is 2.43. The molecular formula is C11H18O. The second-order valence-electron chi connectivity index (χ2n) is 2.43. The monoisotopic (exact) mass is 166 g/mol. The third-order valence-electron chi connectivity index (χ3n) is 1.74. The number of benzene rings is 1.